The summed E-state index contributed by atoms with van der Waals surface area (Å²) in [6.07, 6.45) is 4.21. The molecule has 1 aromatic rings. The summed E-state index contributed by atoms with van der Waals surface area (Å²) in [6.45, 7) is 1.40. The fourth-order valence-corrected chi connectivity index (χ4v) is 3.69. The molecule has 1 aliphatic rings. The predicted molar refractivity (Wildman–Crippen MR) is 79.6 cm³/mol. The van der Waals surface area contributed by atoms with Crippen molar-refractivity contribution in [1.82, 2.24) is 5.32 Å². The van der Waals surface area contributed by atoms with Gasteiger partial charge >= 0.3 is 0 Å². The first-order valence-electron chi connectivity index (χ1n) is 6.67. The first-order chi connectivity index (χ1) is 9.38. The van der Waals surface area contributed by atoms with E-state index in [0.717, 1.165) is 25.8 Å². The summed E-state index contributed by atoms with van der Waals surface area (Å²) in [7, 11) is -3.28. The number of benzene rings is 1. The van der Waals surface area contributed by atoms with Gasteiger partial charge in [0.25, 0.3) is 0 Å². The van der Waals surface area contributed by atoms with Crippen molar-refractivity contribution in [3.63, 3.8) is 0 Å². The van der Waals surface area contributed by atoms with Gasteiger partial charge in [0.15, 0.2) is 9.84 Å². The molecule has 2 N–H and O–H groups in total. The van der Waals surface area contributed by atoms with Crippen molar-refractivity contribution in [2.45, 2.75) is 30.7 Å². The van der Waals surface area contributed by atoms with Gasteiger partial charge in [-0.2, -0.15) is 0 Å². The molecule has 20 heavy (non-hydrogen) atoms. The summed E-state index contributed by atoms with van der Waals surface area (Å²) in [5, 5.41) is 12.8. The number of hydrogen-bond acceptors (Lipinski definition) is 4. The molecule has 0 aromatic heterocycles. The number of hydrogen-bond donors (Lipinski definition) is 2. The van der Waals surface area contributed by atoms with E-state index < -0.39 is 9.84 Å². The van der Waals surface area contributed by atoms with Crippen LogP contribution in [0.2, 0.25) is 5.02 Å². The molecule has 1 aromatic carbocycles. The van der Waals surface area contributed by atoms with Crippen molar-refractivity contribution in [1.29, 1.82) is 0 Å². The fraction of sp³-hybridized carbons (Fsp3) is 0.571. The van der Waals surface area contributed by atoms with Crippen LogP contribution in [0.5, 0.6) is 0 Å². The summed E-state index contributed by atoms with van der Waals surface area (Å²) in [4.78, 5) is 0.282. The molecule has 4 nitrogen and oxygen atoms in total. The van der Waals surface area contributed by atoms with Crippen molar-refractivity contribution in [2.75, 3.05) is 19.4 Å². The summed E-state index contributed by atoms with van der Waals surface area (Å²) in [5.41, 5.74) is 0.817. The Morgan fingerprint density at radius 2 is 2.10 bits per heavy atom. The molecule has 1 fully saturated rings. The maximum Gasteiger partial charge on any atom is 0.175 e. The highest BCUT2D eigenvalue weighted by Gasteiger charge is 2.41. The van der Waals surface area contributed by atoms with Crippen LogP contribution < -0.4 is 5.32 Å². The van der Waals surface area contributed by atoms with E-state index in [4.69, 9.17) is 16.7 Å². The van der Waals surface area contributed by atoms with Gasteiger partial charge in [-0.3, -0.25) is 0 Å². The lowest BCUT2D eigenvalue weighted by atomic mass is 10.0. The van der Waals surface area contributed by atoms with E-state index >= 15 is 0 Å². The molecule has 1 aliphatic carbocycles. The van der Waals surface area contributed by atoms with Gasteiger partial charge in [0.05, 0.1) is 4.90 Å². The maximum absolute atomic E-state index is 11.8. The lowest BCUT2D eigenvalue weighted by molar-refractivity contribution is 0.245. The molecule has 6 heteroatoms. The molecule has 0 spiro atoms. The van der Waals surface area contributed by atoms with Crippen LogP contribution in [-0.2, 0) is 16.4 Å². The van der Waals surface area contributed by atoms with Crippen molar-refractivity contribution < 1.29 is 13.5 Å². The summed E-state index contributed by atoms with van der Waals surface area (Å²) in [6, 6.07) is 4.93. The second-order valence-corrected chi connectivity index (χ2v) is 7.96. The highest BCUT2D eigenvalue weighted by Crippen LogP contribution is 2.47. The minimum Gasteiger partial charge on any atom is -0.396 e. The number of rotatable bonds is 7. The Labute approximate surface area is 125 Å². The SMILES string of the molecule is CS(=O)(=O)c1cccc(Cl)c1CNCC1(CCO)CC1. The van der Waals surface area contributed by atoms with Crippen LogP contribution in [0.1, 0.15) is 24.8 Å². The van der Waals surface area contributed by atoms with Crippen LogP contribution in [0.15, 0.2) is 23.1 Å². The zero-order valence-electron chi connectivity index (χ0n) is 11.5. The Morgan fingerprint density at radius 1 is 1.40 bits per heavy atom. The molecular formula is C14H20ClNO3S. The summed E-state index contributed by atoms with van der Waals surface area (Å²) < 4.78 is 23.5. The van der Waals surface area contributed by atoms with E-state index in [1.165, 1.54) is 6.26 Å². The summed E-state index contributed by atoms with van der Waals surface area (Å²) >= 11 is 6.12. The lowest BCUT2D eigenvalue weighted by Gasteiger charge is -2.16. The van der Waals surface area contributed by atoms with E-state index in [0.29, 0.717) is 17.1 Å². The number of nitrogens with one attached hydrogen (secondary N) is 1. The topological polar surface area (TPSA) is 66.4 Å². The van der Waals surface area contributed by atoms with Gasteiger partial charge < -0.3 is 10.4 Å². The quantitative estimate of drug-likeness (QED) is 0.807. The third-order valence-corrected chi connectivity index (χ3v) is 5.41. The zero-order chi connectivity index (χ0) is 14.8. The highest BCUT2D eigenvalue weighted by molar-refractivity contribution is 7.90. The molecule has 0 heterocycles. The molecular weight excluding hydrogens is 298 g/mol. The molecule has 0 radical (unpaired) electrons. The van der Waals surface area contributed by atoms with Crippen molar-refractivity contribution in [2.24, 2.45) is 5.41 Å². The fourth-order valence-electron chi connectivity index (χ4n) is 2.44. The standard InChI is InChI=1S/C14H20ClNO3S/c1-20(18,19)13-4-2-3-12(15)11(13)9-16-10-14(5-6-14)7-8-17/h2-4,16-17H,5-10H2,1H3. The average Bonchev–Trinajstić information content (AvgIpc) is 3.10. The van der Waals surface area contributed by atoms with Crippen molar-refractivity contribution in [3.8, 4) is 0 Å². The Hall–Kier alpha value is -0.620. The van der Waals surface area contributed by atoms with Crippen LogP contribution >= 0.6 is 11.6 Å². The number of sulfone groups is 1. The largest absolute Gasteiger partial charge is 0.396 e. The monoisotopic (exact) mass is 317 g/mol. The van der Waals surface area contributed by atoms with Crippen LogP contribution in [0.25, 0.3) is 0 Å². The molecule has 0 unspecified atom stereocenters. The molecule has 0 aliphatic heterocycles. The summed E-state index contributed by atoms with van der Waals surface area (Å²) in [5.74, 6) is 0. The van der Waals surface area contributed by atoms with Gasteiger partial charge in [0.1, 0.15) is 0 Å². The minimum atomic E-state index is -3.28. The van der Waals surface area contributed by atoms with E-state index in [-0.39, 0.29) is 16.9 Å². The lowest BCUT2D eigenvalue weighted by Crippen LogP contribution is -2.25. The minimum absolute atomic E-state index is 0.196. The second-order valence-electron chi connectivity index (χ2n) is 5.57. The highest BCUT2D eigenvalue weighted by atomic mass is 35.5. The average molecular weight is 318 g/mol. The van der Waals surface area contributed by atoms with E-state index in [1.54, 1.807) is 18.2 Å². The molecule has 2 rings (SSSR count). The second kappa shape index (κ2) is 6.02. The van der Waals surface area contributed by atoms with Crippen LogP contribution in [-0.4, -0.2) is 32.9 Å². The molecule has 1 saturated carbocycles. The van der Waals surface area contributed by atoms with Gasteiger partial charge in [-0.25, -0.2) is 8.42 Å². The number of halogens is 1. The Morgan fingerprint density at radius 3 is 2.65 bits per heavy atom. The maximum atomic E-state index is 11.8. The van der Waals surface area contributed by atoms with Crippen molar-refractivity contribution in [3.05, 3.63) is 28.8 Å². The first kappa shape index (κ1) is 15.8. The van der Waals surface area contributed by atoms with Crippen molar-refractivity contribution >= 4 is 21.4 Å². The van der Waals surface area contributed by atoms with Gasteiger partial charge in [0.2, 0.25) is 0 Å². The van der Waals surface area contributed by atoms with Gasteiger partial charge in [0, 0.05) is 36.5 Å². The van der Waals surface area contributed by atoms with Gasteiger partial charge in [-0.1, -0.05) is 17.7 Å². The first-order valence-corrected chi connectivity index (χ1v) is 8.94. The Kier molecular flexibility index (Phi) is 4.74. The number of aliphatic hydroxyl groups excluding tert-OH is 1. The molecule has 112 valence electrons. The third-order valence-electron chi connectivity index (χ3n) is 3.88. The van der Waals surface area contributed by atoms with Crippen LogP contribution in [0.3, 0.4) is 0 Å². The molecule has 0 amide bonds. The zero-order valence-corrected chi connectivity index (χ0v) is 13.1. The van der Waals surface area contributed by atoms with Crippen LogP contribution in [0.4, 0.5) is 0 Å². The van der Waals surface area contributed by atoms with E-state index in [1.807, 2.05) is 0 Å². The molecule has 0 bridgehead atoms. The molecule has 0 saturated heterocycles. The predicted octanol–water partition coefficient (Wildman–Crippen LogP) is 2.00. The Balaban J connectivity index is 2.06. The third kappa shape index (κ3) is 3.73. The number of aliphatic hydroxyl groups is 1. The van der Waals surface area contributed by atoms with E-state index in [9.17, 15) is 8.42 Å². The van der Waals surface area contributed by atoms with Crippen LogP contribution in [0, 0.1) is 5.41 Å². The Bertz CT molecular complexity index is 582. The van der Waals surface area contributed by atoms with Gasteiger partial charge in [-0.05, 0) is 36.8 Å². The normalized spacial score (nSPS) is 17.1. The smallest absolute Gasteiger partial charge is 0.175 e. The van der Waals surface area contributed by atoms with Gasteiger partial charge in [-0.15, -0.1) is 0 Å². The van der Waals surface area contributed by atoms with E-state index in [2.05, 4.69) is 5.32 Å². The molecule has 0 atom stereocenters.